The zero-order chi connectivity index (χ0) is 69.9. The monoisotopic (exact) mass is 1420 g/mol. The molecule has 0 spiro atoms. The number of fused-ring (bicyclic) bond motifs is 2. The van der Waals surface area contributed by atoms with E-state index in [1.54, 1.807) is 47.6 Å². The molecule has 0 amide bonds. The van der Waals surface area contributed by atoms with Crippen LogP contribution in [0.2, 0.25) is 0 Å². The maximum Gasteiger partial charge on any atom is 0.694 e. The van der Waals surface area contributed by atoms with Gasteiger partial charge in [0.25, 0.3) is 0 Å². The number of imidazole rings is 2. The third-order valence-corrected chi connectivity index (χ3v) is 18.8. The molecular weight excluding hydrogens is 1350 g/mol. The SMILES string of the molecule is COc1ccc(COC2[C@@H](F)[C@@H](COP(O)(O)=S)O[C@H]2n2cnc3c(NC(c4ccccc4)(c4ccccc4)c4ccccc4)ncnc32)cc1.COc1ccc(COC2[C@@H](F)[C@@H](CO[P+](=O)O)O[C@H]2n2cnc3c(NC(c4ccccc4)(c4ccccc4)c4ccccc4)ncnc32)cc1. The number of ether oxygens (including phenoxy) is 6. The molecule has 101 heavy (non-hydrogen) atoms. The molecule has 0 aliphatic carbocycles. The molecule has 9 atom stereocenters. The van der Waals surface area contributed by atoms with Crippen LogP contribution in [-0.4, -0.2) is 118 Å². The van der Waals surface area contributed by atoms with Gasteiger partial charge < -0.3 is 53.4 Å². The predicted molar refractivity (Wildman–Crippen MR) is 378 cm³/mol. The maximum absolute atomic E-state index is 16.1. The van der Waals surface area contributed by atoms with Crippen molar-refractivity contribution < 1.29 is 65.5 Å². The van der Waals surface area contributed by atoms with Crippen molar-refractivity contribution in [2.45, 2.75) is 73.5 Å². The number of methoxy groups -OCH3 is 2. The standard InChI is InChI=1S/C37H35FN5O6PS.C37H33FN5O6P/c1-46-29-19-17-25(18-20-29)21-47-33-31(38)30(22-48-50(44,45)51)49-36(33)43-24-41-32-34(39-23-40-35(32)43)42-37(26-11-5-2-6-12-26,27-13-7-3-8-14-27)28-15-9-4-10-16-28;1-46-29-19-17-25(18-20-29)21-47-33-31(38)30(22-48-50(44)45)49-36(33)43-24-41-32-34(39-23-40-35(32)43)42-37(26-11-5-2-6-12-26,27-13-7-3-8-14-27)28-15-9-4-10-16-28/h2-20,23-24,30-31,33,36H,21-22H2,1H3,(H,39,40,42)(H2,44,45,51);2-20,23-24,30-31,33,36H,21-22H2,1H3,(H-,39,40,42,44,45)/p+1/t2*30-,31+,33?,36-/m11/s1. The van der Waals surface area contributed by atoms with Crippen LogP contribution in [0, 0.1) is 0 Å². The quantitative estimate of drug-likeness (QED) is 0.0249. The molecule has 22 nitrogen and oxygen atoms in total. The second kappa shape index (κ2) is 31.5. The van der Waals surface area contributed by atoms with E-state index in [2.05, 4.69) is 115 Å². The van der Waals surface area contributed by atoms with Gasteiger partial charge in [-0.1, -0.05) is 206 Å². The molecule has 2 aliphatic rings. The molecular formula is C74H69F2N10O12P2S+. The predicted octanol–water partition coefficient (Wildman–Crippen LogP) is 13.0. The topological polar surface area (TPSA) is 263 Å². The van der Waals surface area contributed by atoms with Crippen molar-refractivity contribution in [1.29, 1.82) is 0 Å². The fourth-order valence-electron chi connectivity index (χ4n) is 12.8. The summed E-state index contributed by atoms with van der Waals surface area (Å²) in [7, 11) is 0.192. The van der Waals surface area contributed by atoms with Gasteiger partial charge in [-0.05, 0) is 80.6 Å². The zero-order valence-electron chi connectivity index (χ0n) is 54.3. The smallest absolute Gasteiger partial charge is 0.497 e. The number of rotatable bonds is 26. The number of hydrogen-bond donors (Lipinski definition) is 5. The first-order valence-electron chi connectivity index (χ1n) is 32.1. The van der Waals surface area contributed by atoms with Gasteiger partial charge >= 0.3 is 15.0 Å². The molecule has 2 aliphatic heterocycles. The minimum Gasteiger partial charge on any atom is -0.497 e. The van der Waals surface area contributed by atoms with Crippen LogP contribution in [0.3, 0.4) is 0 Å². The van der Waals surface area contributed by atoms with Crippen LogP contribution in [0.1, 0.15) is 57.0 Å². The fraction of sp³-hybridized carbons (Fsp3) is 0.216. The van der Waals surface area contributed by atoms with Crippen LogP contribution in [0.25, 0.3) is 22.3 Å². The van der Waals surface area contributed by atoms with Gasteiger partial charge in [-0.3, -0.25) is 9.13 Å². The molecule has 0 bridgehead atoms. The summed E-state index contributed by atoms with van der Waals surface area (Å²) in [4.78, 5) is 56.5. The third kappa shape index (κ3) is 15.2. The number of halogens is 2. The summed E-state index contributed by atoms with van der Waals surface area (Å²) in [6, 6.07) is 74.9. The first-order valence-corrected chi connectivity index (χ1v) is 35.8. The lowest BCUT2D eigenvalue weighted by molar-refractivity contribution is -0.0732. The lowest BCUT2D eigenvalue weighted by Gasteiger charge is -2.37. The molecule has 6 heterocycles. The average molecular weight is 1420 g/mol. The van der Waals surface area contributed by atoms with Gasteiger partial charge in [-0.15, -0.1) is 9.42 Å². The van der Waals surface area contributed by atoms with Gasteiger partial charge in [-0.25, -0.2) is 38.7 Å². The Kier molecular flexibility index (Phi) is 21.7. The van der Waals surface area contributed by atoms with Gasteiger partial charge in [0.2, 0.25) is 0 Å². The Morgan fingerprint density at radius 1 is 0.495 bits per heavy atom. The highest BCUT2D eigenvalue weighted by Gasteiger charge is 2.51. The number of alkyl halides is 2. The maximum atomic E-state index is 16.1. The van der Waals surface area contributed by atoms with Crippen molar-refractivity contribution in [3.05, 3.63) is 300 Å². The van der Waals surface area contributed by atoms with E-state index in [1.807, 2.05) is 133 Å². The molecule has 27 heteroatoms. The first-order chi connectivity index (χ1) is 49.2. The minimum absolute atomic E-state index is 0.0582. The zero-order valence-corrected chi connectivity index (χ0v) is 57.0. The molecule has 2 saturated heterocycles. The van der Waals surface area contributed by atoms with Crippen LogP contribution in [0.5, 0.6) is 11.5 Å². The molecule has 8 aromatic carbocycles. The second-order valence-electron chi connectivity index (χ2n) is 23.6. The average Bonchev–Trinajstić information content (AvgIpc) is 1.69. The molecule has 0 saturated carbocycles. The summed E-state index contributed by atoms with van der Waals surface area (Å²) >= 11 is 4.60. The Bertz CT molecular complexity index is 4550. The van der Waals surface area contributed by atoms with Crippen molar-refractivity contribution in [3.8, 4) is 11.5 Å². The lowest BCUT2D eigenvalue weighted by Crippen LogP contribution is -2.38. The summed E-state index contributed by atoms with van der Waals surface area (Å²) in [6.07, 6.45) is -4.38. The van der Waals surface area contributed by atoms with E-state index in [0.29, 0.717) is 45.5 Å². The summed E-state index contributed by atoms with van der Waals surface area (Å²) in [6.45, 7) is -4.89. The van der Waals surface area contributed by atoms with Gasteiger partial charge in [0.1, 0.15) is 66.3 Å². The summed E-state index contributed by atoms with van der Waals surface area (Å²) in [5.74, 6) is 2.23. The van der Waals surface area contributed by atoms with Gasteiger partial charge in [0.05, 0.1) is 46.7 Å². The van der Waals surface area contributed by atoms with E-state index < -0.39 is 88.5 Å². The normalized spacial score (nSPS) is 19.3. The lowest BCUT2D eigenvalue weighted by atomic mass is 9.77. The van der Waals surface area contributed by atoms with E-state index in [1.165, 1.54) is 25.3 Å². The molecule has 516 valence electrons. The highest BCUT2D eigenvalue weighted by Crippen LogP contribution is 2.46. The van der Waals surface area contributed by atoms with E-state index in [0.717, 1.165) is 44.5 Å². The Morgan fingerprint density at radius 2 is 0.822 bits per heavy atom. The van der Waals surface area contributed by atoms with E-state index in [-0.39, 0.29) is 13.2 Å². The molecule has 4 aromatic heterocycles. The van der Waals surface area contributed by atoms with Crippen LogP contribution >= 0.6 is 15.0 Å². The first kappa shape index (κ1) is 69.8. The number of benzene rings is 8. The van der Waals surface area contributed by atoms with Crippen molar-refractivity contribution >= 4 is 60.7 Å². The van der Waals surface area contributed by atoms with Crippen LogP contribution in [0.4, 0.5) is 20.4 Å². The van der Waals surface area contributed by atoms with E-state index in [9.17, 15) is 19.2 Å². The Balaban J connectivity index is 0.000000181. The fourth-order valence-corrected chi connectivity index (χ4v) is 13.6. The van der Waals surface area contributed by atoms with Gasteiger partial charge in [0.15, 0.2) is 58.8 Å². The van der Waals surface area contributed by atoms with Crippen molar-refractivity contribution in [3.63, 3.8) is 0 Å². The van der Waals surface area contributed by atoms with Crippen LogP contribution in [-0.2, 0) is 68.7 Å². The second-order valence-corrected chi connectivity index (χ2v) is 27.0. The molecule has 12 aromatic rings. The van der Waals surface area contributed by atoms with Crippen molar-refractivity contribution in [2.75, 3.05) is 38.1 Å². The number of nitrogens with one attached hydrogen (secondary N) is 2. The number of aromatic nitrogens is 8. The van der Waals surface area contributed by atoms with Crippen molar-refractivity contribution in [1.82, 2.24) is 39.0 Å². The molecule has 0 radical (unpaired) electrons. The summed E-state index contributed by atoms with van der Waals surface area (Å²) in [5, 5.41) is 7.49. The Hall–Kier alpha value is -9.69. The molecule has 5 N–H and O–H groups in total. The number of nitrogens with zero attached hydrogens (tertiary/aromatic N) is 8. The van der Waals surface area contributed by atoms with Gasteiger partial charge in [-0.2, -0.15) is 0 Å². The third-order valence-electron chi connectivity index (χ3n) is 17.6. The highest BCUT2D eigenvalue weighted by atomic mass is 32.5. The number of hydrogen-bond acceptors (Lipinski definition) is 18. The van der Waals surface area contributed by atoms with E-state index in [4.69, 9.17) is 47.4 Å². The van der Waals surface area contributed by atoms with Crippen LogP contribution < -0.4 is 20.1 Å². The van der Waals surface area contributed by atoms with Gasteiger partial charge in [0, 0.05) is 4.57 Å². The Labute approximate surface area is 585 Å². The molecule has 3 unspecified atom stereocenters. The highest BCUT2D eigenvalue weighted by molar-refractivity contribution is 8.06. The van der Waals surface area contributed by atoms with E-state index >= 15 is 8.78 Å². The summed E-state index contributed by atoms with van der Waals surface area (Å²) in [5.41, 5.74) is 7.18. The van der Waals surface area contributed by atoms with Crippen LogP contribution in [0.15, 0.2) is 256 Å². The summed E-state index contributed by atoms with van der Waals surface area (Å²) < 4.78 is 91.6. The molecule has 2 fully saturated rings. The largest absolute Gasteiger partial charge is 0.694 e. The minimum atomic E-state index is -4.07. The van der Waals surface area contributed by atoms with Crippen molar-refractivity contribution in [2.24, 2.45) is 0 Å². The number of anilines is 2. The molecule has 14 rings (SSSR count). The Morgan fingerprint density at radius 3 is 1.13 bits per heavy atom.